The van der Waals surface area contributed by atoms with Crippen molar-refractivity contribution in [2.24, 2.45) is 22.0 Å². The maximum Gasteiger partial charge on any atom is 0.183 e. The first kappa shape index (κ1) is 22.6. The van der Waals surface area contributed by atoms with E-state index >= 15 is 0 Å². The second-order valence-electron chi connectivity index (χ2n) is 8.91. The molecule has 37 heavy (non-hydrogen) atoms. The fourth-order valence-corrected chi connectivity index (χ4v) is 4.45. The number of nitrogens with zero attached hydrogens (tertiary/aromatic N) is 7. The molecular weight excluding hydrogens is 462 g/mol. The summed E-state index contributed by atoms with van der Waals surface area (Å²) in [5, 5.41) is 9.56. The van der Waals surface area contributed by atoms with Gasteiger partial charge in [-0.25, -0.2) is 19.7 Å². The van der Waals surface area contributed by atoms with Crippen molar-refractivity contribution < 1.29 is 4.74 Å². The summed E-state index contributed by atoms with van der Waals surface area (Å²) >= 11 is 0. The molecule has 1 aliphatic rings. The lowest BCUT2D eigenvalue weighted by atomic mass is 10.1. The molecule has 0 spiro atoms. The van der Waals surface area contributed by atoms with Crippen LogP contribution in [0.2, 0.25) is 0 Å². The van der Waals surface area contributed by atoms with Crippen molar-refractivity contribution in [1.29, 1.82) is 0 Å². The lowest BCUT2D eigenvalue weighted by molar-refractivity contribution is 0.415. The highest BCUT2D eigenvalue weighted by atomic mass is 16.5. The highest BCUT2D eigenvalue weighted by Crippen LogP contribution is 2.30. The Labute approximate surface area is 214 Å². The maximum absolute atomic E-state index is 5.30. The van der Waals surface area contributed by atoms with Crippen molar-refractivity contribution in [2.45, 2.75) is 13.8 Å². The largest absolute Gasteiger partial charge is 0.497 e. The van der Waals surface area contributed by atoms with Crippen LogP contribution in [0.5, 0.6) is 5.75 Å². The summed E-state index contributed by atoms with van der Waals surface area (Å²) in [7, 11) is 3.56. The van der Waals surface area contributed by atoms with Crippen molar-refractivity contribution in [2.75, 3.05) is 7.11 Å². The molecule has 5 aromatic rings. The number of hydrogen-bond donors (Lipinski definition) is 0. The van der Waals surface area contributed by atoms with E-state index in [9.17, 15) is 0 Å². The van der Waals surface area contributed by atoms with E-state index in [0.29, 0.717) is 23.1 Å². The molecule has 8 nitrogen and oxygen atoms in total. The van der Waals surface area contributed by atoms with Crippen molar-refractivity contribution in [3.63, 3.8) is 0 Å². The molecule has 6 rings (SSSR count). The smallest absolute Gasteiger partial charge is 0.183 e. The van der Waals surface area contributed by atoms with E-state index in [2.05, 4.69) is 19.1 Å². The summed E-state index contributed by atoms with van der Waals surface area (Å²) in [5.41, 5.74) is 7.00. The number of aromatic nitrogens is 4. The second-order valence-corrected chi connectivity index (χ2v) is 8.91. The van der Waals surface area contributed by atoms with Crippen LogP contribution in [0.15, 0.2) is 93.8 Å². The standard InChI is InChI=1S/C29H25N7O/c1-18-9-8-12-22(17-18)28-34-35(3)29-24(19(2)33-36(28)29)30-27-25(20-10-6-5-7-11-20)31-26(32-27)21-13-15-23(37-4)16-14-21/h5-17H,1-4H3. The zero-order valence-corrected chi connectivity index (χ0v) is 21.0. The van der Waals surface area contributed by atoms with Crippen LogP contribution in [-0.2, 0) is 7.05 Å². The van der Waals surface area contributed by atoms with Gasteiger partial charge in [-0.1, -0.05) is 54.1 Å². The molecular formula is C29H25N7O. The van der Waals surface area contributed by atoms with E-state index < -0.39 is 0 Å². The number of rotatable bonds is 5. The molecule has 3 aromatic carbocycles. The number of aryl methyl sites for hydroxylation is 3. The van der Waals surface area contributed by atoms with Crippen LogP contribution in [0.1, 0.15) is 22.4 Å². The van der Waals surface area contributed by atoms with Gasteiger partial charge in [0.15, 0.2) is 23.1 Å². The van der Waals surface area contributed by atoms with Crippen molar-refractivity contribution in [3.05, 3.63) is 101 Å². The molecule has 0 bridgehead atoms. The summed E-state index contributed by atoms with van der Waals surface area (Å²) in [6.07, 6.45) is 0. The molecule has 0 amide bonds. The van der Waals surface area contributed by atoms with Crippen molar-refractivity contribution in [1.82, 2.24) is 19.4 Å². The van der Waals surface area contributed by atoms with Gasteiger partial charge in [-0.15, -0.1) is 0 Å². The van der Waals surface area contributed by atoms with Crippen LogP contribution >= 0.6 is 0 Å². The van der Waals surface area contributed by atoms with E-state index in [4.69, 9.17) is 29.9 Å². The highest BCUT2D eigenvalue weighted by Gasteiger charge is 2.24. The van der Waals surface area contributed by atoms with E-state index in [1.165, 1.54) is 0 Å². The number of aliphatic imine (C=N–C) groups is 3. The number of methoxy groups -OCH3 is 1. The van der Waals surface area contributed by atoms with Gasteiger partial charge in [0.1, 0.15) is 17.1 Å². The predicted molar refractivity (Wildman–Crippen MR) is 146 cm³/mol. The molecule has 0 N–H and O–H groups in total. The number of amidine groups is 2. The Hall–Kier alpha value is -4.85. The van der Waals surface area contributed by atoms with Crippen molar-refractivity contribution >= 4 is 28.7 Å². The first-order valence-electron chi connectivity index (χ1n) is 12.0. The van der Waals surface area contributed by atoms with Crippen LogP contribution in [0.3, 0.4) is 0 Å². The molecule has 3 heterocycles. The van der Waals surface area contributed by atoms with Gasteiger partial charge in [0.25, 0.3) is 0 Å². The summed E-state index contributed by atoms with van der Waals surface area (Å²) in [5.74, 6) is 2.68. The maximum atomic E-state index is 5.30. The third kappa shape index (κ3) is 4.02. The van der Waals surface area contributed by atoms with E-state index in [-0.39, 0.29) is 0 Å². The SMILES string of the molecule is COc1ccc(C2=NC(=Nc3c(C)nn4c(-c5cccc(C)c5)nn(C)c34)C(c3ccccc3)=N2)cc1. The van der Waals surface area contributed by atoms with E-state index in [0.717, 1.165) is 45.2 Å². The Balaban J connectivity index is 1.50. The first-order valence-corrected chi connectivity index (χ1v) is 12.0. The van der Waals surface area contributed by atoms with Crippen LogP contribution in [0.25, 0.3) is 17.0 Å². The van der Waals surface area contributed by atoms with E-state index in [1.54, 1.807) is 7.11 Å². The molecule has 0 fully saturated rings. The minimum absolute atomic E-state index is 0.535. The number of ether oxygens (including phenoxy) is 1. The molecule has 0 saturated carbocycles. The highest BCUT2D eigenvalue weighted by molar-refractivity contribution is 6.54. The number of benzene rings is 3. The Bertz CT molecular complexity index is 1720. The average Bonchev–Trinajstić information content (AvgIpc) is 3.58. The summed E-state index contributed by atoms with van der Waals surface area (Å²) in [6, 6.07) is 25.9. The molecule has 2 aromatic heterocycles. The van der Waals surface area contributed by atoms with Crippen LogP contribution in [-0.4, -0.2) is 43.9 Å². The van der Waals surface area contributed by atoms with Gasteiger partial charge in [0, 0.05) is 23.7 Å². The molecule has 0 unspecified atom stereocenters. The fourth-order valence-electron chi connectivity index (χ4n) is 4.45. The molecule has 8 heteroatoms. The molecule has 1 aliphatic heterocycles. The van der Waals surface area contributed by atoms with Gasteiger partial charge in [-0.2, -0.15) is 14.7 Å². The van der Waals surface area contributed by atoms with Crippen LogP contribution in [0, 0.1) is 13.8 Å². The van der Waals surface area contributed by atoms with Crippen molar-refractivity contribution in [3.8, 4) is 17.1 Å². The fraction of sp³-hybridized carbons (Fsp3) is 0.138. The number of hydrogen-bond acceptors (Lipinski definition) is 5. The van der Waals surface area contributed by atoms with Gasteiger partial charge in [0.05, 0.1) is 12.8 Å². The first-order chi connectivity index (χ1) is 18.0. The van der Waals surface area contributed by atoms with Crippen LogP contribution < -0.4 is 4.74 Å². The minimum atomic E-state index is 0.535. The zero-order chi connectivity index (χ0) is 25.5. The van der Waals surface area contributed by atoms with E-state index in [1.807, 2.05) is 89.9 Å². The Morgan fingerprint density at radius 1 is 0.784 bits per heavy atom. The molecule has 0 aliphatic carbocycles. The van der Waals surface area contributed by atoms with Gasteiger partial charge in [0.2, 0.25) is 0 Å². The Morgan fingerprint density at radius 3 is 2.27 bits per heavy atom. The second kappa shape index (κ2) is 8.98. The third-order valence-corrected chi connectivity index (χ3v) is 6.29. The normalized spacial score (nSPS) is 14.3. The minimum Gasteiger partial charge on any atom is -0.497 e. The molecule has 0 saturated heterocycles. The quantitative estimate of drug-likeness (QED) is 0.336. The van der Waals surface area contributed by atoms with Gasteiger partial charge in [-0.05, 0) is 44.2 Å². The lowest BCUT2D eigenvalue weighted by Crippen LogP contribution is -2.09. The van der Waals surface area contributed by atoms with Gasteiger partial charge >= 0.3 is 0 Å². The average molecular weight is 488 g/mol. The summed E-state index contributed by atoms with van der Waals surface area (Å²) in [4.78, 5) is 14.8. The Morgan fingerprint density at radius 2 is 1.54 bits per heavy atom. The third-order valence-electron chi connectivity index (χ3n) is 6.29. The lowest BCUT2D eigenvalue weighted by Gasteiger charge is -2.01. The predicted octanol–water partition coefficient (Wildman–Crippen LogP) is 5.34. The van der Waals surface area contributed by atoms with Crippen LogP contribution in [0.4, 0.5) is 5.69 Å². The molecule has 182 valence electrons. The molecule has 0 radical (unpaired) electrons. The van der Waals surface area contributed by atoms with Gasteiger partial charge < -0.3 is 4.74 Å². The summed E-state index contributed by atoms with van der Waals surface area (Å²) < 4.78 is 8.97. The number of fused-ring (bicyclic) bond motifs is 1. The topological polar surface area (TPSA) is 81.4 Å². The van der Waals surface area contributed by atoms with Gasteiger partial charge in [-0.3, -0.25) is 0 Å². The molecule has 0 atom stereocenters. The zero-order valence-electron chi connectivity index (χ0n) is 21.0. The monoisotopic (exact) mass is 487 g/mol. The summed E-state index contributed by atoms with van der Waals surface area (Å²) in [6.45, 7) is 4.02. The Kier molecular flexibility index (Phi) is 5.49.